The van der Waals surface area contributed by atoms with Gasteiger partial charge in [-0.1, -0.05) is 18.2 Å². The van der Waals surface area contributed by atoms with E-state index in [-0.39, 0.29) is 5.63 Å². The Kier molecular flexibility index (Phi) is 3.03. The fourth-order valence-corrected chi connectivity index (χ4v) is 2.17. The number of aryl methyl sites for hydroxylation is 2. The van der Waals surface area contributed by atoms with Crippen molar-refractivity contribution in [1.29, 1.82) is 0 Å². The summed E-state index contributed by atoms with van der Waals surface area (Å²) in [6.45, 7) is 3.88. The van der Waals surface area contributed by atoms with Gasteiger partial charge in [0.05, 0.1) is 0 Å². The zero-order chi connectivity index (χ0) is 14.1. The monoisotopic (exact) mass is 266 g/mol. The largest absolute Gasteiger partial charge is 0.457 e. The van der Waals surface area contributed by atoms with Gasteiger partial charge in [-0.2, -0.15) is 0 Å². The lowest BCUT2D eigenvalue weighted by Gasteiger charge is -2.09. The summed E-state index contributed by atoms with van der Waals surface area (Å²) in [5, 5.41) is 0.918. The molecule has 20 heavy (non-hydrogen) atoms. The van der Waals surface area contributed by atoms with E-state index in [1.807, 2.05) is 50.2 Å². The minimum absolute atomic E-state index is 0.344. The van der Waals surface area contributed by atoms with E-state index >= 15 is 0 Å². The Morgan fingerprint density at radius 2 is 1.75 bits per heavy atom. The molecular formula is C17H14O3. The Bertz CT molecular complexity index is 831. The van der Waals surface area contributed by atoms with Crippen LogP contribution in [-0.4, -0.2) is 0 Å². The molecule has 0 spiro atoms. The highest BCUT2D eigenvalue weighted by molar-refractivity contribution is 5.81. The second kappa shape index (κ2) is 4.85. The van der Waals surface area contributed by atoms with Crippen molar-refractivity contribution in [2.45, 2.75) is 13.8 Å². The predicted octanol–water partition coefficient (Wildman–Crippen LogP) is 4.20. The van der Waals surface area contributed by atoms with Crippen LogP contribution in [0, 0.1) is 13.8 Å². The Morgan fingerprint density at radius 1 is 0.950 bits per heavy atom. The lowest BCUT2D eigenvalue weighted by atomic mass is 10.1. The first-order valence-corrected chi connectivity index (χ1v) is 6.41. The van der Waals surface area contributed by atoms with Crippen molar-refractivity contribution in [2.24, 2.45) is 0 Å². The van der Waals surface area contributed by atoms with Crippen molar-refractivity contribution in [2.75, 3.05) is 0 Å². The van der Waals surface area contributed by atoms with Gasteiger partial charge in [0.2, 0.25) is 0 Å². The van der Waals surface area contributed by atoms with Gasteiger partial charge in [-0.3, -0.25) is 0 Å². The van der Waals surface area contributed by atoms with Gasteiger partial charge in [0.15, 0.2) is 0 Å². The summed E-state index contributed by atoms with van der Waals surface area (Å²) < 4.78 is 11.1. The van der Waals surface area contributed by atoms with Gasteiger partial charge >= 0.3 is 5.63 Å². The molecule has 1 heterocycles. The van der Waals surface area contributed by atoms with Crippen molar-refractivity contribution in [3.05, 3.63) is 70.1 Å². The molecule has 3 aromatic rings. The van der Waals surface area contributed by atoms with E-state index in [1.54, 1.807) is 6.07 Å². The van der Waals surface area contributed by atoms with Gasteiger partial charge in [-0.15, -0.1) is 0 Å². The number of benzene rings is 2. The summed E-state index contributed by atoms with van der Waals surface area (Å²) in [4.78, 5) is 11.4. The Balaban J connectivity index is 2.05. The molecule has 2 aromatic carbocycles. The maximum absolute atomic E-state index is 11.4. The topological polar surface area (TPSA) is 39.4 Å². The molecule has 3 heteroatoms. The molecule has 0 unspecified atom stereocenters. The normalized spacial score (nSPS) is 10.7. The minimum atomic E-state index is -0.344. The summed E-state index contributed by atoms with van der Waals surface area (Å²) in [5.41, 5.74) is 2.15. The van der Waals surface area contributed by atoms with E-state index in [0.717, 1.165) is 22.3 Å². The van der Waals surface area contributed by atoms with Gasteiger partial charge in [0.1, 0.15) is 17.1 Å². The van der Waals surface area contributed by atoms with Crippen LogP contribution in [0.3, 0.4) is 0 Å². The van der Waals surface area contributed by atoms with Gasteiger partial charge in [0.25, 0.3) is 0 Å². The second-order valence-electron chi connectivity index (χ2n) is 4.77. The number of ether oxygens (including phenoxy) is 1. The van der Waals surface area contributed by atoms with Gasteiger partial charge in [-0.25, -0.2) is 4.79 Å². The smallest absolute Gasteiger partial charge is 0.336 e. The molecule has 0 aliphatic carbocycles. The zero-order valence-electron chi connectivity index (χ0n) is 11.3. The average Bonchev–Trinajstić information content (AvgIpc) is 2.41. The fourth-order valence-electron chi connectivity index (χ4n) is 2.17. The third-order valence-electron chi connectivity index (χ3n) is 3.24. The average molecular weight is 266 g/mol. The van der Waals surface area contributed by atoms with Crippen LogP contribution in [-0.2, 0) is 0 Å². The van der Waals surface area contributed by atoms with Crippen molar-refractivity contribution >= 4 is 11.0 Å². The van der Waals surface area contributed by atoms with E-state index in [4.69, 9.17) is 9.15 Å². The quantitative estimate of drug-likeness (QED) is 0.652. The number of para-hydroxylation sites is 1. The lowest BCUT2D eigenvalue weighted by molar-refractivity contribution is 0.476. The highest BCUT2D eigenvalue weighted by atomic mass is 16.5. The molecule has 3 nitrogen and oxygen atoms in total. The highest BCUT2D eigenvalue weighted by Gasteiger charge is 2.05. The molecule has 0 saturated carbocycles. The van der Waals surface area contributed by atoms with Crippen LogP contribution >= 0.6 is 0 Å². The van der Waals surface area contributed by atoms with Crippen molar-refractivity contribution in [1.82, 2.24) is 0 Å². The predicted molar refractivity (Wildman–Crippen MR) is 78.5 cm³/mol. The maximum atomic E-state index is 11.4. The van der Waals surface area contributed by atoms with E-state index in [0.29, 0.717) is 11.3 Å². The molecule has 0 radical (unpaired) electrons. The number of hydrogen-bond acceptors (Lipinski definition) is 3. The van der Waals surface area contributed by atoms with Gasteiger partial charge in [0, 0.05) is 17.5 Å². The third-order valence-corrected chi connectivity index (χ3v) is 3.24. The van der Waals surface area contributed by atoms with Crippen LogP contribution in [0.4, 0.5) is 0 Å². The molecular weight excluding hydrogens is 252 g/mol. The minimum Gasteiger partial charge on any atom is -0.457 e. The molecule has 0 saturated heterocycles. The molecule has 0 atom stereocenters. The van der Waals surface area contributed by atoms with E-state index in [1.165, 1.54) is 6.07 Å². The van der Waals surface area contributed by atoms with Gasteiger partial charge in [-0.05, 0) is 43.2 Å². The molecule has 3 rings (SSSR count). The van der Waals surface area contributed by atoms with E-state index < -0.39 is 0 Å². The SMILES string of the molecule is Cc1ccccc1Oc1ccc2c(C)cc(=O)oc2c1. The maximum Gasteiger partial charge on any atom is 0.336 e. The summed E-state index contributed by atoms with van der Waals surface area (Å²) in [6, 6.07) is 14.8. The van der Waals surface area contributed by atoms with Crippen molar-refractivity contribution < 1.29 is 9.15 Å². The highest BCUT2D eigenvalue weighted by Crippen LogP contribution is 2.28. The summed E-state index contributed by atoms with van der Waals surface area (Å²) in [7, 11) is 0. The first-order valence-electron chi connectivity index (χ1n) is 6.41. The first kappa shape index (κ1) is 12.5. The lowest BCUT2D eigenvalue weighted by Crippen LogP contribution is -1.97. The van der Waals surface area contributed by atoms with E-state index in [9.17, 15) is 4.79 Å². The van der Waals surface area contributed by atoms with Crippen LogP contribution < -0.4 is 10.4 Å². The van der Waals surface area contributed by atoms with E-state index in [2.05, 4.69) is 0 Å². The van der Waals surface area contributed by atoms with Crippen LogP contribution in [0.15, 0.2) is 57.7 Å². The standard InChI is InChI=1S/C17H14O3/c1-11-5-3-4-6-15(11)19-13-7-8-14-12(2)9-17(18)20-16(14)10-13/h3-10H,1-2H3. The molecule has 0 aliphatic rings. The Morgan fingerprint density at radius 3 is 2.55 bits per heavy atom. The Hall–Kier alpha value is -2.55. The molecule has 100 valence electrons. The summed E-state index contributed by atoms with van der Waals surface area (Å²) in [6.07, 6.45) is 0. The Labute approximate surface area is 116 Å². The second-order valence-corrected chi connectivity index (χ2v) is 4.77. The molecule has 0 fully saturated rings. The van der Waals surface area contributed by atoms with Crippen LogP contribution in [0.2, 0.25) is 0 Å². The van der Waals surface area contributed by atoms with Gasteiger partial charge < -0.3 is 9.15 Å². The number of hydrogen-bond donors (Lipinski definition) is 0. The van der Waals surface area contributed by atoms with Crippen LogP contribution in [0.5, 0.6) is 11.5 Å². The molecule has 0 N–H and O–H groups in total. The van der Waals surface area contributed by atoms with Crippen LogP contribution in [0.25, 0.3) is 11.0 Å². The molecule has 0 aliphatic heterocycles. The van der Waals surface area contributed by atoms with Crippen molar-refractivity contribution in [3.63, 3.8) is 0 Å². The first-order chi connectivity index (χ1) is 9.63. The zero-order valence-corrected chi connectivity index (χ0v) is 11.3. The summed E-state index contributed by atoms with van der Waals surface area (Å²) >= 11 is 0. The molecule has 1 aromatic heterocycles. The number of rotatable bonds is 2. The molecule has 0 amide bonds. The third kappa shape index (κ3) is 2.30. The molecule has 0 bridgehead atoms. The fraction of sp³-hybridized carbons (Fsp3) is 0.118. The summed E-state index contributed by atoms with van der Waals surface area (Å²) in [5.74, 6) is 1.45. The number of fused-ring (bicyclic) bond motifs is 1. The van der Waals surface area contributed by atoms with Crippen LogP contribution in [0.1, 0.15) is 11.1 Å². The van der Waals surface area contributed by atoms with Crippen molar-refractivity contribution in [3.8, 4) is 11.5 Å².